The van der Waals surface area contributed by atoms with E-state index < -0.39 is 42.1 Å². The van der Waals surface area contributed by atoms with E-state index in [0.29, 0.717) is 16.6 Å². The standard InChI is InChI=1S/C19H21F3N4O2/c1-9(2)15(17(27)25-10-3-4-19(21,22)5-10)26-8-12-13(20)7-24-16-14(12)11(6-23-16)18(26)28/h6-7,9-10,15H,3-5,8H2,1-2H3,(H,23,24)(H,25,27)/t10?,15-/m1/s1. The van der Waals surface area contributed by atoms with E-state index in [9.17, 15) is 22.8 Å². The van der Waals surface area contributed by atoms with Crippen molar-refractivity contribution in [3.8, 4) is 0 Å². The quantitative estimate of drug-likeness (QED) is 0.837. The molecule has 4 rings (SSSR count). The fraction of sp³-hybridized carbons (Fsp3) is 0.526. The summed E-state index contributed by atoms with van der Waals surface area (Å²) in [6.07, 6.45) is 2.07. The third kappa shape index (κ3) is 3.02. The molecular formula is C19H21F3N4O2. The predicted molar refractivity (Wildman–Crippen MR) is 95.3 cm³/mol. The second-order valence-corrected chi connectivity index (χ2v) is 7.94. The maximum Gasteiger partial charge on any atom is 0.257 e. The first kappa shape index (κ1) is 18.8. The Kier molecular flexibility index (Phi) is 4.35. The molecule has 0 aromatic carbocycles. The number of alkyl halides is 2. The number of nitrogens with one attached hydrogen (secondary N) is 2. The van der Waals surface area contributed by atoms with Gasteiger partial charge in [0.2, 0.25) is 11.8 Å². The van der Waals surface area contributed by atoms with E-state index >= 15 is 0 Å². The highest BCUT2D eigenvalue weighted by molar-refractivity contribution is 6.10. The molecule has 0 bridgehead atoms. The molecule has 28 heavy (non-hydrogen) atoms. The number of aromatic nitrogens is 2. The number of carbonyl (C=O) groups excluding carboxylic acids is 2. The van der Waals surface area contributed by atoms with Gasteiger partial charge in [0.25, 0.3) is 5.91 Å². The highest BCUT2D eigenvalue weighted by Gasteiger charge is 2.43. The second-order valence-electron chi connectivity index (χ2n) is 7.94. The van der Waals surface area contributed by atoms with Crippen LogP contribution in [0.15, 0.2) is 12.4 Å². The number of hydrogen-bond acceptors (Lipinski definition) is 3. The zero-order valence-electron chi connectivity index (χ0n) is 15.6. The number of nitrogens with zero attached hydrogens (tertiary/aromatic N) is 2. The molecular weight excluding hydrogens is 373 g/mol. The van der Waals surface area contributed by atoms with Crippen LogP contribution in [0.4, 0.5) is 13.2 Å². The third-order valence-corrected chi connectivity index (χ3v) is 5.56. The topological polar surface area (TPSA) is 78.1 Å². The molecule has 2 aliphatic rings. The van der Waals surface area contributed by atoms with Crippen LogP contribution in [0.25, 0.3) is 11.0 Å². The van der Waals surface area contributed by atoms with Crippen molar-refractivity contribution in [3.05, 3.63) is 29.3 Å². The van der Waals surface area contributed by atoms with Crippen molar-refractivity contribution in [1.82, 2.24) is 20.2 Å². The summed E-state index contributed by atoms with van der Waals surface area (Å²) in [6.45, 7) is 3.46. The number of aromatic amines is 1. The van der Waals surface area contributed by atoms with Gasteiger partial charge in [-0.1, -0.05) is 13.8 Å². The van der Waals surface area contributed by atoms with Crippen molar-refractivity contribution in [2.75, 3.05) is 0 Å². The molecule has 9 heteroatoms. The lowest BCUT2D eigenvalue weighted by Crippen LogP contribution is -2.54. The van der Waals surface area contributed by atoms with Crippen LogP contribution in [-0.2, 0) is 11.3 Å². The van der Waals surface area contributed by atoms with E-state index in [0.717, 1.165) is 6.20 Å². The number of hydrogen-bond donors (Lipinski definition) is 2. The van der Waals surface area contributed by atoms with Crippen LogP contribution in [0.5, 0.6) is 0 Å². The first-order valence-electron chi connectivity index (χ1n) is 9.31. The Bertz CT molecular complexity index is 956. The van der Waals surface area contributed by atoms with E-state index in [4.69, 9.17) is 0 Å². The number of amides is 2. The van der Waals surface area contributed by atoms with E-state index in [2.05, 4.69) is 15.3 Å². The summed E-state index contributed by atoms with van der Waals surface area (Å²) in [5, 5.41) is 3.09. The maximum absolute atomic E-state index is 14.4. The first-order chi connectivity index (χ1) is 13.2. The van der Waals surface area contributed by atoms with Crippen LogP contribution in [0.2, 0.25) is 0 Å². The lowest BCUT2D eigenvalue weighted by atomic mass is 9.95. The summed E-state index contributed by atoms with van der Waals surface area (Å²) in [4.78, 5) is 34.1. The van der Waals surface area contributed by atoms with Gasteiger partial charge in [0.05, 0.1) is 18.3 Å². The van der Waals surface area contributed by atoms with Crippen LogP contribution in [-0.4, -0.2) is 44.7 Å². The van der Waals surface area contributed by atoms with E-state index in [1.54, 1.807) is 13.8 Å². The number of halogens is 3. The summed E-state index contributed by atoms with van der Waals surface area (Å²) in [7, 11) is 0. The SMILES string of the molecule is CC(C)[C@H](C(=O)NC1CCC(F)(F)C1)N1Cc2c(F)cnc3[nH]cc(c23)C1=O. The molecule has 1 saturated carbocycles. The number of carbonyl (C=O) groups is 2. The van der Waals surface area contributed by atoms with Gasteiger partial charge in [0.15, 0.2) is 0 Å². The summed E-state index contributed by atoms with van der Waals surface area (Å²) >= 11 is 0. The van der Waals surface area contributed by atoms with Crippen molar-refractivity contribution >= 4 is 22.8 Å². The van der Waals surface area contributed by atoms with Crippen LogP contribution in [0, 0.1) is 11.7 Å². The van der Waals surface area contributed by atoms with Crippen molar-refractivity contribution in [1.29, 1.82) is 0 Å². The van der Waals surface area contributed by atoms with E-state index in [1.165, 1.54) is 11.1 Å². The molecule has 1 aliphatic carbocycles. The van der Waals surface area contributed by atoms with Crippen LogP contribution in [0.1, 0.15) is 49.0 Å². The van der Waals surface area contributed by atoms with E-state index in [1.807, 2.05) is 0 Å². The second kappa shape index (κ2) is 6.49. The summed E-state index contributed by atoms with van der Waals surface area (Å²) in [5.74, 6) is -4.51. The molecule has 1 aliphatic heterocycles. The van der Waals surface area contributed by atoms with Gasteiger partial charge >= 0.3 is 0 Å². The average molecular weight is 394 g/mol. The average Bonchev–Trinajstić information content (AvgIpc) is 3.18. The first-order valence-corrected chi connectivity index (χ1v) is 9.31. The van der Waals surface area contributed by atoms with Crippen LogP contribution >= 0.6 is 0 Å². The Balaban J connectivity index is 1.63. The van der Waals surface area contributed by atoms with Gasteiger partial charge < -0.3 is 15.2 Å². The molecule has 3 heterocycles. The maximum atomic E-state index is 14.4. The molecule has 2 amide bonds. The van der Waals surface area contributed by atoms with Gasteiger partial charge in [0, 0.05) is 36.0 Å². The fourth-order valence-corrected chi connectivity index (χ4v) is 4.25. The highest BCUT2D eigenvalue weighted by Crippen LogP contribution is 2.36. The zero-order chi connectivity index (χ0) is 20.2. The lowest BCUT2D eigenvalue weighted by molar-refractivity contribution is -0.128. The van der Waals surface area contributed by atoms with E-state index in [-0.39, 0.29) is 30.9 Å². The van der Waals surface area contributed by atoms with Crippen molar-refractivity contribution in [2.24, 2.45) is 5.92 Å². The van der Waals surface area contributed by atoms with Crippen LogP contribution < -0.4 is 5.32 Å². The minimum absolute atomic E-state index is 0.0777. The lowest BCUT2D eigenvalue weighted by Gasteiger charge is -2.36. The molecule has 2 atom stereocenters. The van der Waals surface area contributed by atoms with Gasteiger partial charge in [-0.3, -0.25) is 9.59 Å². The largest absolute Gasteiger partial charge is 0.351 e. The molecule has 2 N–H and O–H groups in total. The van der Waals surface area contributed by atoms with Crippen molar-refractivity contribution in [2.45, 2.75) is 57.7 Å². The zero-order valence-corrected chi connectivity index (χ0v) is 15.6. The Hall–Kier alpha value is -2.58. The van der Waals surface area contributed by atoms with Crippen LogP contribution in [0.3, 0.4) is 0 Å². The Morgan fingerprint density at radius 1 is 1.43 bits per heavy atom. The van der Waals surface area contributed by atoms with Gasteiger partial charge in [-0.2, -0.15) is 0 Å². The number of rotatable bonds is 4. The fourth-order valence-electron chi connectivity index (χ4n) is 4.25. The predicted octanol–water partition coefficient (Wildman–Crippen LogP) is 2.99. The number of H-pyrrole nitrogens is 1. The third-order valence-electron chi connectivity index (χ3n) is 5.56. The van der Waals surface area contributed by atoms with Gasteiger partial charge in [-0.15, -0.1) is 0 Å². The molecule has 6 nitrogen and oxygen atoms in total. The molecule has 2 aromatic heterocycles. The molecule has 1 unspecified atom stereocenters. The minimum Gasteiger partial charge on any atom is -0.351 e. The Labute approximate surface area is 159 Å². The molecule has 0 radical (unpaired) electrons. The summed E-state index contributed by atoms with van der Waals surface area (Å²) in [5.41, 5.74) is 0.971. The normalized spacial score (nSPS) is 22.1. The molecule has 0 spiro atoms. The van der Waals surface area contributed by atoms with Gasteiger partial charge in [0.1, 0.15) is 17.5 Å². The smallest absolute Gasteiger partial charge is 0.257 e. The monoisotopic (exact) mass is 394 g/mol. The van der Waals surface area contributed by atoms with Gasteiger partial charge in [-0.25, -0.2) is 18.2 Å². The molecule has 0 saturated heterocycles. The molecule has 2 aromatic rings. The number of pyridine rings is 1. The van der Waals surface area contributed by atoms with Crippen molar-refractivity contribution < 1.29 is 22.8 Å². The Morgan fingerprint density at radius 2 is 2.18 bits per heavy atom. The molecule has 1 fully saturated rings. The highest BCUT2D eigenvalue weighted by atomic mass is 19.3. The molecule has 150 valence electrons. The minimum atomic E-state index is -2.78. The van der Waals surface area contributed by atoms with Gasteiger partial charge in [-0.05, 0) is 12.3 Å². The van der Waals surface area contributed by atoms with Crippen molar-refractivity contribution in [3.63, 3.8) is 0 Å². The Morgan fingerprint density at radius 3 is 2.82 bits per heavy atom. The summed E-state index contributed by atoms with van der Waals surface area (Å²) < 4.78 is 41.3. The summed E-state index contributed by atoms with van der Waals surface area (Å²) in [6, 6.07) is -1.52.